The van der Waals surface area contributed by atoms with E-state index in [0.29, 0.717) is 44.2 Å². The molecule has 2 aliphatic rings. The summed E-state index contributed by atoms with van der Waals surface area (Å²) in [6.07, 6.45) is 1.24. The molecule has 3 aromatic rings. The van der Waals surface area contributed by atoms with Crippen LogP contribution in [0, 0.1) is 32.5 Å². The molecule has 0 radical (unpaired) electrons. The molecule has 0 spiro atoms. The fourth-order valence-electron chi connectivity index (χ4n) is 5.76. The molecule has 0 unspecified atom stereocenters. The van der Waals surface area contributed by atoms with Crippen molar-refractivity contribution in [1.29, 1.82) is 0 Å². The molecular weight excluding hydrogens is 579 g/mol. The van der Waals surface area contributed by atoms with Gasteiger partial charge >= 0.3 is 12.1 Å². The highest BCUT2D eigenvalue weighted by molar-refractivity contribution is 6.04. The summed E-state index contributed by atoms with van der Waals surface area (Å²) in [6.45, 7) is 12.4. The maximum absolute atomic E-state index is 13.8. The van der Waals surface area contributed by atoms with Gasteiger partial charge in [-0.1, -0.05) is 6.07 Å². The molecule has 242 valence electrons. The molecule has 1 aliphatic heterocycles. The summed E-state index contributed by atoms with van der Waals surface area (Å²) in [5.74, 6) is -0.171. The molecule has 2 heterocycles. The summed E-state index contributed by atoms with van der Waals surface area (Å²) in [6, 6.07) is 8.76. The third kappa shape index (κ3) is 7.94. The molecule has 2 fully saturated rings. The van der Waals surface area contributed by atoms with Crippen molar-refractivity contribution in [3.8, 4) is 0 Å². The van der Waals surface area contributed by atoms with E-state index in [1.807, 2.05) is 28.9 Å². The summed E-state index contributed by atoms with van der Waals surface area (Å²) in [5, 5.41) is 4.64. The molecule has 1 saturated carbocycles. The maximum atomic E-state index is 13.8. The van der Waals surface area contributed by atoms with Crippen LogP contribution in [-0.4, -0.2) is 78.0 Å². The second-order valence-electron chi connectivity index (χ2n) is 12.4. The number of benzene rings is 2. The minimum Gasteiger partial charge on any atom is -0.431 e. The number of aryl methyl sites for hydroxylation is 2. The third-order valence-corrected chi connectivity index (χ3v) is 8.63. The van der Waals surface area contributed by atoms with Gasteiger partial charge in [-0.3, -0.25) is 14.5 Å². The first kappa shape index (κ1) is 32.3. The van der Waals surface area contributed by atoms with Crippen LogP contribution in [0.3, 0.4) is 0 Å². The van der Waals surface area contributed by atoms with Crippen LogP contribution in [0.2, 0.25) is 0 Å². The lowest BCUT2D eigenvalue weighted by Crippen LogP contribution is -2.50. The molecule has 0 atom stereocenters. The smallest absolute Gasteiger partial charge is 0.431 e. The summed E-state index contributed by atoms with van der Waals surface area (Å²) in [4.78, 5) is 41.2. The van der Waals surface area contributed by atoms with Gasteiger partial charge in [0.05, 0.1) is 23.9 Å². The highest BCUT2D eigenvalue weighted by Crippen LogP contribution is 2.38. The number of ether oxygens (including phenoxy) is 3. The Morgan fingerprint density at radius 2 is 1.73 bits per heavy atom. The van der Waals surface area contributed by atoms with Gasteiger partial charge in [-0.25, -0.2) is 9.18 Å². The van der Waals surface area contributed by atoms with Gasteiger partial charge in [0.25, 0.3) is 5.91 Å². The molecule has 0 bridgehead atoms. The summed E-state index contributed by atoms with van der Waals surface area (Å²) in [7, 11) is 0. The van der Waals surface area contributed by atoms with Crippen LogP contribution in [0.5, 0.6) is 0 Å². The van der Waals surface area contributed by atoms with Crippen molar-refractivity contribution in [2.45, 2.75) is 66.7 Å². The molecule has 1 aromatic heterocycles. The number of aromatic nitrogens is 1. The van der Waals surface area contributed by atoms with Crippen LogP contribution in [-0.2, 0) is 32.1 Å². The Labute approximate surface area is 263 Å². The number of anilines is 1. The van der Waals surface area contributed by atoms with E-state index in [1.54, 1.807) is 19.9 Å². The number of halogens is 1. The quantitative estimate of drug-likeness (QED) is 0.220. The monoisotopic (exact) mass is 622 g/mol. The minimum absolute atomic E-state index is 0.0282. The Kier molecular flexibility index (Phi) is 9.96. The fourth-order valence-corrected chi connectivity index (χ4v) is 5.76. The van der Waals surface area contributed by atoms with Gasteiger partial charge in [0.15, 0.2) is 0 Å². The molecule has 5 rings (SSSR count). The minimum atomic E-state index is -0.892. The Morgan fingerprint density at radius 1 is 1.00 bits per heavy atom. The highest BCUT2D eigenvalue weighted by Gasteiger charge is 2.28. The number of carbonyl (C=O) groups is 3. The van der Waals surface area contributed by atoms with E-state index in [1.165, 1.54) is 30.7 Å². The van der Waals surface area contributed by atoms with Gasteiger partial charge in [0.2, 0.25) is 6.79 Å². The van der Waals surface area contributed by atoms with Gasteiger partial charge in [0.1, 0.15) is 5.82 Å². The number of nitrogens with zero attached hydrogens (tertiary/aromatic N) is 3. The zero-order valence-electron chi connectivity index (χ0n) is 26.8. The van der Waals surface area contributed by atoms with Crippen molar-refractivity contribution in [2.24, 2.45) is 5.92 Å². The number of rotatable bonds is 11. The van der Waals surface area contributed by atoms with Crippen molar-refractivity contribution in [3.05, 3.63) is 64.1 Å². The molecule has 11 heteroatoms. The second kappa shape index (κ2) is 13.9. The second-order valence-corrected chi connectivity index (χ2v) is 12.4. The molecule has 45 heavy (non-hydrogen) atoms. The van der Waals surface area contributed by atoms with E-state index >= 15 is 0 Å². The van der Waals surface area contributed by atoms with E-state index in [2.05, 4.69) is 23.7 Å². The van der Waals surface area contributed by atoms with Crippen LogP contribution in [0.1, 0.15) is 59.4 Å². The van der Waals surface area contributed by atoms with Crippen molar-refractivity contribution in [1.82, 2.24) is 14.4 Å². The van der Waals surface area contributed by atoms with Gasteiger partial charge in [-0.15, -0.1) is 0 Å². The summed E-state index contributed by atoms with van der Waals surface area (Å²) >= 11 is 0. The number of fused-ring (bicyclic) bond motifs is 1. The van der Waals surface area contributed by atoms with Crippen LogP contribution in [0.25, 0.3) is 10.9 Å². The number of hydrogen-bond acceptors (Lipinski definition) is 8. The molecule has 10 nitrogen and oxygen atoms in total. The summed E-state index contributed by atoms with van der Waals surface area (Å²) in [5.41, 5.74) is 6.80. The average molecular weight is 623 g/mol. The first-order valence-corrected chi connectivity index (χ1v) is 15.6. The van der Waals surface area contributed by atoms with Gasteiger partial charge in [-0.2, -0.15) is 0 Å². The van der Waals surface area contributed by atoms with Crippen LogP contribution in [0.4, 0.5) is 14.9 Å². The van der Waals surface area contributed by atoms with Crippen molar-refractivity contribution >= 4 is 34.6 Å². The number of nitrogens with one attached hydrogen (secondary N) is 1. The van der Waals surface area contributed by atoms with Crippen molar-refractivity contribution in [3.63, 3.8) is 0 Å². The molecule has 1 N–H and O–H groups in total. The number of carbonyl (C=O) groups excluding carboxylic acids is 3. The maximum Gasteiger partial charge on any atom is 0.511 e. The first-order chi connectivity index (χ1) is 21.5. The lowest BCUT2D eigenvalue weighted by Gasteiger charge is -2.34. The Balaban J connectivity index is 1.27. The molecule has 1 aliphatic carbocycles. The number of piperazine rings is 1. The van der Waals surface area contributed by atoms with Crippen LogP contribution < -0.4 is 5.32 Å². The Bertz CT molecular complexity index is 1570. The van der Waals surface area contributed by atoms with Gasteiger partial charge in [-0.05, 0) is 94.3 Å². The van der Waals surface area contributed by atoms with Crippen LogP contribution >= 0.6 is 0 Å². The standard InChI is InChI=1S/C34H43FN4O6/c1-21(2)45-34(42)44-20-43-31(40)19-37-10-12-38(13-11-37)33(41)27-15-29-23(4)24(5)39(18-25-6-7-25)32(29)30(16-27)36-17-26-8-9-28(35)14-22(26)3/h8-9,14-16,21,25,36H,6-7,10-13,17-20H2,1-5H3. The highest BCUT2D eigenvalue weighted by atomic mass is 19.1. The van der Waals surface area contributed by atoms with Gasteiger partial charge in [0, 0.05) is 55.9 Å². The predicted octanol–water partition coefficient (Wildman–Crippen LogP) is 5.55. The topological polar surface area (TPSA) is 102 Å². The van der Waals surface area contributed by atoms with Gasteiger partial charge < -0.3 is 29.0 Å². The molecule has 1 saturated heterocycles. The zero-order chi connectivity index (χ0) is 32.2. The first-order valence-electron chi connectivity index (χ1n) is 15.6. The Hall–Kier alpha value is -4.12. The van der Waals surface area contributed by atoms with Crippen molar-refractivity contribution < 1.29 is 33.0 Å². The van der Waals surface area contributed by atoms with E-state index in [-0.39, 0.29) is 24.4 Å². The van der Waals surface area contributed by atoms with E-state index < -0.39 is 18.9 Å². The average Bonchev–Trinajstić information content (AvgIpc) is 3.78. The largest absolute Gasteiger partial charge is 0.511 e. The number of esters is 1. The number of hydrogen-bond donors (Lipinski definition) is 1. The lowest BCUT2D eigenvalue weighted by atomic mass is 10.0. The normalized spacial score (nSPS) is 15.4. The van der Waals surface area contributed by atoms with Crippen LogP contribution in [0.15, 0.2) is 30.3 Å². The number of amides is 1. The van der Waals surface area contributed by atoms with E-state index in [9.17, 15) is 18.8 Å². The molecular formula is C34H43FN4O6. The fraction of sp³-hybridized carbons (Fsp3) is 0.500. The zero-order valence-corrected chi connectivity index (χ0v) is 26.8. The third-order valence-electron chi connectivity index (χ3n) is 8.63. The van der Waals surface area contributed by atoms with E-state index in [0.717, 1.165) is 39.8 Å². The Morgan fingerprint density at radius 3 is 2.40 bits per heavy atom. The molecule has 2 aromatic carbocycles. The summed E-state index contributed by atoms with van der Waals surface area (Å²) < 4.78 is 30.7. The predicted molar refractivity (Wildman–Crippen MR) is 169 cm³/mol. The molecule has 1 amide bonds. The van der Waals surface area contributed by atoms with Crippen molar-refractivity contribution in [2.75, 3.05) is 44.8 Å². The van der Waals surface area contributed by atoms with E-state index in [4.69, 9.17) is 14.2 Å². The lowest BCUT2D eigenvalue weighted by molar-refractivity contribution is -0.155. The SMILES string of the molecule is Cc1cc(F)ccc1CNc1cc(C(=O)N2CCN(CC(=O)OCOC(=O)OC(C)C)CC2)cc2c(C)c(C)n(CC3CC3)c12.